The second kappa shape index (κ2) is 5.26. The second-order valence-corrected chi connectivity index (χ2v) is 3.25. The number of nitrogen functional groups attached to an aromatic ring is 1. The first-order valence-corrected chi connectivity index (χ1v) is 4.73. The van der Waals surface area contributed by atoms with Crippen LogP contribution in [-0.2, 0) is 9.53 Å². The number of nitrogens with zero attached hydrogens (tertiary/aromatic N) is 2. The number of methoxy groups -OCH3 is 1. The van der Waals surface area contributed by atoms with E-state index in [4.69, 9.17) is 5.84 Å². The lowest BCUT2D eigenvalue weighted by Crippen LogP contribution is -2.28. The van der Waals surface area contributed by atoms with Gasteiger partial charge in [-0.2, -0.15) is 4.98 Å². The summed E-state index contributed by atoms with van der Waals surface area (Å²) in [6, 6.07) is 1.23. The molecule has 0 fully saturated rings. The van der Waals surface area contributed by atoms with Gasteiger partial charge in [0.15, 0.2) is 0 Å². The van der Waals surface area contributed by atoms with E-state index in [1.54, 1.807) is 19.9 Å². The molecule has 4 N–H and O–H groups in total. The molecule has 7 heteroatoms. The second-order valence-electron chi connectivity index (χ2n) is 3.25. The summed E-state index contributed by atoms with van der Waals surface area (Å²) in [5.74, 6) is 5.65. The summed E-state index contributed by atoms with van der Waals surface area (Å²) in [5, 5.41) is 2.89. The number of rotatable bonds is 4. The van der Waals surface area contributed by atoms with E-state index in [1.807, 2.05) is 0 Å². The predicted molar refractivity (Wildman–Crippen MR) is 59.7 cm³/mol. The van der Waals surface area contributed by atoms with Crippen molar-refractivity contribution in [3.05, 3.63) is 11.8 Å². The zero-order chi connectivity index (χ0) is 12.1. The van der Waals surface area contributed by atoms with Crippen molar-refractivity contribution in [3.8, 4) is 0 Å². The van der Waals surface area contributed by atoms with Crippen LogP contribution in [0.1, 0.15) is 12.6 Å². The van der Waals surface area contributed by atoms with Gasteiger partial charge in [0, 0.05) is 11.8 Å². The number of esters is 1. The van der Waals surface area contributed by atoms with Crippen molar-refractivity contribution in [1.82, 2.24) is 9.97 Å². The third-order valence-corrected chi connectivity index (χ3v) is 1.90. The van der Waals surface area contributed by atoms with Crippen molar-refractivity contribution in [2.45, 2.75) is 19.9 Å². The van der Waals surface area contributed by atoms with Gasteiger partial charge in [-0.25, -0.2) is 15.6 Å². The summed E-state index contributed by atoms with van der Waals surface area (Å²) in [4.78, 5) is 19.3. The summed E-state index contributed by atoms with van der Waals surface area (Å²) in [7, 11) is 1.33. The van der Waals surface area contributed by atoms with Gasteiger partial charge in [0.25, 0.3) is 0 Å². The molecule has 7 nitrogen and oxygen atoms in total. The molecule has 1 aromatic rings. The predicted octanol–water partition coefficient (Wildman–Crippen LogP) is 0.0440. The summed E-state index contributed by atoms with van der Waals surface area (Å²) >= 11 is 0. The van der Waals surface area contributed by atoms with Crippen LogP contribution < -0.4 is 16.6 Å². The highest BCUT2D eigenvalue weighted by Gasteiger charge is 2.13. The highest BCUT2D eigenvalue weighted by atomic mass is 16.5. The lowest BCUT2D eigenvalue weighted by Gasteiger charge is -2.12. The molecule has 0 spiro atoms. The third kappa shape index (κ3) is 3.06. The fourth-order valence-electron chi connectivity index (χ4n) is 1.16. The summed E-state index contributed by atoms with van der Waals surface area (Å²) in [6.07, 6.45) is 0. The molecule has 0 bridgehead atoms. The molecule has 1 unspecified atom stereocenters. The molecule has 1 rings (SSSR count). The van der Waals surface area contributed by atoms with Crippen LogP contribution in [0.25, 0.3) is 0 Å². The van der Waals surface area contributed by atoms with Gasteiger partial charge < -0.3 is 10.1 Å². The topological polar surface area (TPSA) is 102 Å². The maximum absolute atomic E-state index is 11.2. The van der Waals surface area contributed by atoms with Crippen LogP contribution >= 0.6 is 0 Å². The highest BCUT2D eigenvalue weighted by molar-refractivity contribution is 5.78. The Kier molecular flexibility index (Phi) is 4.01. The molecule has 0 aliphatic carbocycles. The monoisotopic (exact) mass is 225 g/mol. The Morgan fingerprint density at radius 3 is 2.81 bits per heavy atom. The van der Waals surface area contributed by atoms with Crippen LogP contribution in [0.2, 0.25) is 0 Å². The molecule has 0 amide bonds. The molecular weight excluding hydrogens is 210 g/mol. The largest absolute Gasteiger partial charge is 0.467 e. The number of carbonyl (C=O) groups is 1. The molecule has 0 saturated carbocycles. The average Bonchev–Trinajstić information content (AvgIpc) is 2.26. The van der Waals surface area contributed by atoms with Gasteiger partial charge in [-0.3, -0.25) is 5.43 Å². The molecule has 0 saturated heterocycles. The summed E-state index contributed by atoms with van der Waals surface area (Å²) < 4.78 is 4.59. The molecule has 0 radical (unpaired) electrons. The van der Waals surface area contributed by atoms with Gasteiger partial charge in [-0.1, -0.05) is 0 Å². The van der Waals surface area contributed by atoms with Gasteiger partial charge >= 0.3 is 5.97 Å². The molecule has 0 aliphatic rings. The van der Waals surface area contributed by atoms with Gasteiger partial charge in [0.1, 0.15) is 11.9 Å². The minimum Gasteiger partial charge on any atom is -0.467 e. The van der Waals surface area contributed by atoms with Crippen LogP contribution in [0, 0.1) is 6.92 Å². The maximum Gasteiger partial charge on any atom is 0.328 e. The van der Waals surface area contributed by atoms with Crippen molar-refractivity contribution in [2.24, 2.45) is 5.84 Å². The number of anilines is 2. The Morgan fingerprint density at radius 2 is 2.25 bits per heavy atom. The van der Waals surface area contributed by atoms with Gasteiger partial charge in [-0.15, -0.1) is 0 Å². The van der Waals surface area contributed by atoms with E-state index in [-0.39, 0.29) is 5.97 Å². The van der Waals surface area contributed by atoms with E-state index >= 15 is 0 Å². The Balaban J connectivity index is 2.80. The van der Waals surface area contributed by atoms with E-state index < -0.39 is 6.04 Å². The third-order valence-electron chi connectivity index (χ3n) is 1.90. The Morgan fingerprint density at radius 1 is 1.56 bits per heavy atom. The van der Waals surface area contributed by atoms with Crippen molar-refractivity contribution < 1.29 is 9.53 Å². The highest BCUT2D eigenvalue weighted by Crippen LogP contribution is 2.10. The van der Waals surface area contributed by atoms with E-state index in [0.29, 0.717) is 11.8 Å². The number of hydrazine groups is 1. The average molecular weight is 225 g/mol. The molecular formula is C9H15N5O2. The molecule has 0 aromatic carbocycles. The fraction of sp³-hybridized carbons (Fsp3) is 0.444. The normalized spacial score (nSPS) is 11.8. The number of aryl methyl sites for hydroxylation is 1. The maximum atomic E-state index is 11.2. The molecule has 16 heavy (non-hydrogen) atoms. The minimum atomic E-state index is -0.482. The smallest absolute Gasteiger partial charge is 0.328 e. The molecule has 88 valence electrons. The lowest BCUT2D eigenvalue weighted by molar-refractivity contribution is -0.141. The number of aromatic nitrogens is 2. The van der Waals surface area contributed by atoms with Crippen LogP contribution in [0.5, 0.6) is 0 Å². The minimum absolute atomic E-state index is 0.291. The number of ether oxygens (including phenoxy) is 1. The van der Waals surface area contributed by atoms with Crippen molar-refractivity contribution >= 4 is 17.7 Å². The molecule has 1 heterocycles. The van der Waals surface area contributed by atoms with E-state index in [2.05, 4.69) is 25.4 Å². The first-order chi connectivity index (χ1) is 7.56. The summed E-state index contributed by atoms with van der Waals surface area (Å²) in [5.41, 5.74) is 3.08. The van der Waals surface area contributed by atoms with Gasteiger partial charge in [-0.05, 0) is 13.8 Å². The van der Waals surface area contributed by atoms with Crippen LogP contribution in [-0.4, -0.2) is 29.1 Å². The standard InChI is InChI=1S/C9H15N5O2/c1-5-4-7(13-9(11-5)14-10)12-6(2)8(15)16-3/h4,6H,10H2,1-3H3,(H2,11,12,13,14). The SMILES string of the molecule is COC(=O)C(C)Nc1cc(C)nc(NN)n1. The summed E-state index contributed by atoms with van der Waals surface area (Å²) in [6.45, 7) is 3.48. The zero-order valence-electron chi connectivity index (χ0n) is 9.44. The Hall–Kier alpha value is -1.89. The van der Waals surface area contributed by atoms with Crippen LogP contribution in [0.4, 0.5) is 11.8 Å². The van der Waals surface area contributed by atoms with Crippen LogP contribution in [0.3, 0.4) is 0 Å². The first kappa shape index (κ1) is 12.2. The number of carbonyl (C=O) groups excluding carboxylic acids is 1. The molecule has 1 atom stereocenters. The van der Waals surface area contributed by atoms with Crippen molar-refractivity contribution in [3.63, 3.8) is 0 Å². The molecule has 1 aromatic heterocycles. The first-order valence-electron chi connectivity index (χ1n) is 4.73. The number of hydrogen-bond donors (Lipinski definition) is 3. The van der Waals surface area contributed by atoms with E-state index in [9.17, 15) is 4.79 Å². The molecule has 0 aliphatic heterocycles. The lowest BCUT2D eigenvalue weighted by atomic mass is 10.3. The van der Waals surface area contributed by atoms with Gasteiger partial charge in [0.2, 0.25) is 5.95 Å². The van der Waals surface area contributed by atoms with E-state index in [1.165, 1.54) is 7.11 Å². The van der Waals surface area contributed by atoms with E-state index in [0.717, 1.165) is 5.69 Å². The zero-order valence-corrected chi connectivity index (χ0v) is 9.44. The van der Waals surface area contributed by atoms with Gasteiger partial charge in [0.05, 0.1) is 7.11 Å². The van der Waals surface area contributed by atoms with Crippen molar-refractivity contribution in [1.29, 1.82) is 0 Å². The quantitative estimate of drug-likeness (QED) is 0.378. The Bertz CT molecular complexity index is 382. The Labute approximate surface area is 93.4 Å². The van der Waals surface area contributed by atoms with Crippen LogP contribution in [0.15, 0.2) is 6.07 Å². The number of hydrogen-bond acceptors (Lipinski definition) is 7. The number of nitrogens with one attached hydrogen (secondary N) is 2. The number of nitrogens with two attached hydrogens (primary N) is 1. The fourth-order valence-corrected chi connectivity index (χ4v) is 1.16. The van der Waals surface area contributed by atoms with Crippen molar-refractivity contribution in [2.75, 3.05) is 17.9 Å².